The van der Waals surface area contributed by atoms with Gasteiger partial charge in [0.25, 0.3) is 5.91 Å². The van der Waals surface area contributed by atoms with E-state index in [0.717, 1.165) is 23.3 Å². The van der Waals surface area contributed by atoms with Gasteiger partial charge in [-0.15, -0.1) is 11.3 Å². The van der Waals surface area contributed by atoms with E-state index in [1.807, 2.05) is 24.3 Å². The number of hydrogen-bond acceptors (Lipinski definition) is 5. The number of carbonyl (C=O) groups is 2. The molecule has 0 aliphatic heterocycles. The third-order valence-electron chi connectivity index (χ3n) is 4.39. The van der Waals surface area contributed by atoms with Gasteiger partial charge < -0.3 is 14.8 Å². The Bertz CT molecular complexity index is 1060. The van der Waals surface area contributed by atoms with E-state index in [1.165, 1.54) is 14.0 Å². The smallest absolute Gasteiger partial charge is 0.350 e. The summed E-state index contributed by atoms with van der Waals surface area (Å²) in [4.78, 5) is 25.2. The zero-order chi connectivity index (χ0) is 21.1. The molecule has 29 heavy (non-hydrogen) atoms. The van der Waals surface area contributed by atoms with Crippen LogP contribution >= 0.6 is 34.5 Å². The van der Waals surface area contributed by atoms with Crippen molar-refractivity contribution in [2.24, 2.45) is 0 Å². The molecule has 2 aromatic carbocycles. The minimum atomic E-state index is -1.00. The van der Waals surface area contributed by atoms with E-state index in [4.69, 9.17) is 32.7 Å². The first kappa shape index (κ1) is 21.4. The number of esters is 1. The number of thiophene rings is 1. The lowest BCUT2D eigenvalue weighted by Crippen LogP contribution is -2.29. The van der Waals surface area contributed by atoms with Gasteiger partial charge in [-0.1, -0.05) is 42.3 Å². The molecular formula is C21H19Cl2NO4S. The van der Waals surface area contributed by atoms with Crippen molar-refractivity contribution >= 4 is 62.2 Å². The Morgan fingerprint density at radius 3 is 2.41 bits per heavy atom. The Kier molecular flexibility index (Phi) is 6.67. The van der Waals surface area contributed by atoms with Crippen molar-refractivity contribution in [3.05, 3.63) is 56.9 Å². The number of aryl methyl sites for hydroxylation is 1. The fourth-order valence-corrected chi connectivity index (χ4v) is 4.47. The highest BCUT2D eigenvalue weighted by Crippen LogP contribution is 2.43. The molecule has 0 spiro atoms. The number of hydrogen-bond donors (Lipinski definition) is 1. The van der Waals surface area contributed by atoms with E-state index < -0.39 is 18.0 Å². The molecule has 1 aromatic heterocycles. The van der Waals surface area contributed by atoms with E-state index >= 15 is 0 Å². The van der Waals surface area contributed by atoms with Crippen LogP contribution in [0.4, 0.5) is 5.69 Å². The van der Waals surface area contributed by atoms with Gasteiger partial charge in [-0.2, -0.15) is 0 Å². The predicted octanol–water partition coefficient (Wildman–Crippen LogP) is 5.96. The maximum absolute atomic E-state index is 12.6. The van der Waals surface area contributed by atoms with Crippen molar-refractivity contribution in [1.29, 1.82) is 0 Å². The molecule has 1 unspecified atom stereocenters. The Hall–Kier alpha value is -2.28. The second kappa shape index (κ2) is 9.03. The van der Waals surface area contributed by atoms with E-state index in [1.54, 1.807) is 12.1 Å². The number of rotatable bonds is 6. The Labute approximate surface area is 182 Å². The molecule has 0 aliphatic rings. The Morgan fingerprint density at radius 1 is 1.10 bits per heavy atom. The highest BCUT2D eigenvalue weighted by molar-refractivity contribution is 7.22. The average molecular weight is 452 g/mol. The second-order valence-electron chi connectivity index (χ2n) is 6.29. The SMILES string of the molecule is CCc1ccc(NC(=O)C(C)OC(=O)c2sc3c(Cl)c(OC)ccc3c2Cl)cc1. The number of halogens is 2. The number of methoxy groups -OCH3 is 1. The van der Waals surface area contributed by atoms with Crippen molar-refractivity contribution in [1.82, 2.24) is 0 Å². The van der Waals surface area contributed by atoms with Gasteiger partial charge in [0.2, 0.25) is 0 Å². The van der Waals surface area contributed by atoms with Crippen LogP contribution in [0.15, 0.2) is 36.4 Å². The molecule has 0 bridgehead atoms. The summed E-state index contributed by atoms with van der Waals surface area (Å²) in [6.45, 7) is 3.56. The van der Waals surface area contributed by atoms with Gasteiger partial charge in [0, 0.05) is 11.1 Å². The van der Waals surface area contributed by atoms with Gasteiger partial charge >= 0.3 is 5.97 Å². The lowest BCUT2D eigenvalue weighted by Gasteiger charge is -2.13. The maximum Gasteiger partial charge on any atom is 0.350 e. The summed E-state index contributed by atoms with van der Waals surface area (Å²) in [7, 11) is 1.51. The van der Waals surface area contributed by atoms with Crippen LogP contribution in [0.1, 0.15) is 29.1 Å². The lowest BCUT2D eigenvalue weighted by atomic mass is 10.1. The molecule has 1 amide bonds. The molecule has 5 nitrogen and oxygen atoms in total. The molecule has 1 N–H and O–H groups in total. The fourth-order valence-electron chi connectivity index (χ4n) is 2.70. The molecule has 0 saturated carbocycles. The lowest BCUT2D eigenvalue weighted by molar-refractivity contribution is -0.123. The van der Waals surface area contributed by atoms with E-state index in [2.05, 4.69) is 12.2 Å². The molecule has 1 heterocycles. The number of nitrogens with one attached hydrogen (secondary N) is 1. The molecule has 152 valence electrons. The molecule has 1 atom stereocenters. The van der Waals surface area contributed by atoms with Gasteiger partial charge in [-0.3, -0.25) is 4.79 Å². The van der Waals surface area contributed by atoms with Crippen molar-refractivity contribution in [2.45, 2.75) is 26.4 Å². The van der Waals surface area contributed by atoms with Crippen molar-refractivity contribution < 1.29 is 19.1 Å². The van der Waals surface area contributed by atoms with Crippen LogP contribution in [-0.4, -0.2) is 25.1 Å². The summed E-state index contributed by atoms with van der Waals surface area (Å²) in [6.07, 6.45) is -0.0896. The summed E-state index contributed by atoms with van der Waals surface area (Å²) in [5, 5.41) is 3.97. The average Bonchev–Trinajstić information content (AvgIpc) is 3.06. The third-order valence-corrected chi connectivity index (χ3v) is 6.58. The maximum atomic E-state index is 12.6. The molecule has 0 aliphatic carbocycles. The quantitative estimate of drug-likeness (QED) is 0.469. The molecule has 8 heteroatoms. The van der Waals surface area contributed by atoms with Crippen molar-refractivity contribution in [3.63, 3.8) is 0 Å². The first-order chi connectivity index (χ1) is 13.8. The molecular weight excluding hydrogens is 433 g/mol. The number of benzene rings is 2. The second-order valence-corrected chi connectivity index (χ2v) is 8.07. The Balaban J connectivity index is 1.74. The van der Waals surface area contributed by atoms with Crippen LogP contribution in [0, 0.1) is 0 Å². The number of anilines is 1. The van der Waals surface area contributed by atoms with Gasteiger partial charge in [-0.05, 0) is 43.2 Å². The van der Waals surface area contributed by atoms with E-state index in [-0.39, 0.29) is 9.90 Å². The monoisotopic (exact) mass is 451 g/mol. The summed E-state index contributed by atoms with van der Waals surface area (Å²) in [5.74, 6) is -0.631. The molecule has 0 fully saturated rings. The molecule has 0 saturated heterocycles. The van der Waals surface area contributed by atoms with E-state index in [0.29, 0.717) is 26.5 Å². The van der Waals surface area contributed by atoms with Crippen LogP contribution in [0.3, 0.4) is 0 Å². The van der Waals surface area contributed by atoms with Crippen LogP contribution in [0.5, 0.6) is 5.75 Å². The summed E-state index contributed by atoms with van der Waals surface area (Å²) in [5.41, 5.74) is 1.80. The molecule has 3 aromatic rings. The van der Waals surface area contributed by atoms with Gasteiger partial charge in [0.15, 0.2) is 6.10 Å². The van der Waals surface area contributed by atoms with Crippen LogP contribution in [0.2, 0.25) is 10.0 Å². The van der Waals surface area contributed by atoms with Crippen LogP contribution < -0.4 is 10.1 Å². The van der Waals surface area contributed by atoms with Gasteiger partial charge in [-0.25, -0.2) is 4.79 Å². The zero-order valence-corrected chi connectivity index (χ0v) is 18.4. The van der Waals surface area contributed by atoms with Crippen LogP contribution in [-0.2, 0) is 16.0 Å². The topological polar surface area (TPSA) is 64.6 Å². The van der Waals surface area contributed by atoms with Gasteiger partial charge in [0.05, 0.1) is 16.8 Å². The van der Waals surface area contributed by atoms with Crippen molar-refractivity contribution in [2.75, 3.05) is 12.4 Å². The third kappa shape index (κ3) is 4.50. The minimum absolute atomic E-state index is 0.184. The number of fused-ring (bicyclic) bond motifs is 1. The van der Waals surface area contributed by atoms with E-state index in [9.17, 15) is 9.59 Å². The standard InChI is InChI=1S/C21H19Cl2NO4S/c1-4-12-5-7-13(8-6-12)24-20(25)11(2)28-21(26)19-16(22)14-9-10-15(27-3)17(23)18(14)29-19/h5-11H,4H2,1-3H3,(H,24,25). The van der Waals surface area contributed by atoms with Gasteiger partial charge in [0.1, 0.15) is 15.6 Å². The van der Waals surface area contributed by atoms with Crippen molar-refractivity contribution in [3.8, 4) is 5.75 Å². The first-order valence-corrected chi connectivity index (χ1v) is 10.5. The summed E-state index contributed by atoms with van der Waals surface area (Å²) >= 11 is 13.8. The zero-order valence-electron chi connectivity index (χ0n) is 16.0. The molecule has 0 radical (unpaired) electrons. The fraction of sp³-hybridized carbons (Fsp3) is 0.238. The minimum Gasteiger partial charge on any atom is -0.495 e. The summed E-state index contributed by atoms with van der Waals surface area (Å²) in [6, 6.07) is 10.9. The Morgan fingerprint density at radius 2 is 1.79 bits per heavy atom. The highest BCUT2D eigenvalue weighted by atomic mass is 35.5. The predicted molar refractivity (Wildman–Crippen MR) is 118 cm³/mol. The normalized spacial score (nSPS) is 11.9. The van der Waals surface area contributed by atoms with Crippen LogP contribution in [0.25, 0.3) is 10.1 Å². The molecule has 3 rings (SSSR count). The highest BCUT2D eigenvalue weighted by Gasteiger charge is 2.25. The first-order valence-electron chi connectivity index (χ1n) is 8.91. The number of ether oxygens (including phenoxy) is 2. The summed E-state index contributed by atoms with van der Waals surface area (Å²) < 4.78 is 11.1. The number of carbonyl (C=O) groups excluding carboxylic acids is 2. The largest absolute Gasteiger partial charge is 0.495 e. The number of amides is 1.